The zero-order valence-corrected chi connectivity index (χ0v) is 12.1. The Morgan fingerprint density at radius 1 is 1.32 bits per heavy atom. The summed E-state index contributed by atoms with van der Waals surface area (Å²) in [6.07, 6.45) is 0.311. The number of hydrogen-bond acceptors (Lipinski definition) is 2. The van der Waals surface area contributed by atoms with E-state index in [1.54, 1.807) is 4.90 Å². The molecule has 1 rings (SSSR count). The SMILES string of the molecule is CC(=O)N(CCC(=O)Nc1cccc(C)c1)C(C)C. The monoisotopic (exact) mass is 262 g/mol. The van der Waals surface area contributed by atoms with Gasteiger partial charge in [0, 0.05) is 31.6 Å². The van der Waals surface area contributed by atoms with Crippen LogP contribution in [0, 0.1) is 6.92 Å². The van der Waals surface area contributed by atoms with Gasteiger partial charge in [-0.1, -0.05) is 12.1 Å². The number of nitrogens with one attached hydrogen (secondary N) is 1. The first-order chi connectivity index (χ1) is 8.90. The van der Waals surface area contributed by atoms with E-state index in [-0.39, 0.29) is 17.9 Å². The number of nitrogens with zero attached hydrogens (tertiary/aromatic N) is 1. The van der Waals surface area contributed by atoms with Crippen LogP contribution in [0.25, 0.3) is 0 Å². The van der Waals surface area contributed by atoms with Crippen molar-refractivity contribution in [2.24, 2.45) is 0 Å². The second-order valence-electron chi connectivity index (χ2n) is 4.97. The molecule has 1 aromatic rings. The predicted octanol–water partition coefficient (Wildman–Crippen LogP) is 2.58. The molecule has 104 valence electrons. The fourth-order valence-electron chi connectivity index (χ4n) is 1.95. The van der Waals surface area contributed by atoms with Crippen LogP contribution in [0.15, 0.2) is 24.3 Å². The molecule has 0 unspecified atom stereocenters. The van der Waals surface area contributed by atoms with Crippen LogP contribution in [0.3, 0.4) is 0 Å². The summed E-state index contributed by atoms with van der Waals surface area (Å²) in [6.45, 7) is 7.84. The molecule has 0 heterocycles. The van der Waals surface area contributed by atoms with Crippen molar-refractivity contribution in [3.05, 3.63) is 29.8 Å². The van der Waals surface area contributed by atoms with Gasteiger partial charge in [0.05, 0.1) is 0 Å². The van der Waals surface area contributed by atoms with E-state index in [1.807, 2.05) is 45.0 Å². The molecule has 0 aromatic heterocycles. The van der Waals surface area contributed by atoms with E-state index in [0.717, 1.165) is 11.3 Å². The highest BCUT2D eigenvalue weighted by molar-refractivity contribution is 5.91. The van der Waals surface area contributed by atoms with E-state index >= 15 is 0 Å². The molecule has 0 fully saturated rings. The van der Waals surface area contributed by atoms with Gasteiger partial charge in [0.25, 0.3) is 0 Å². The van der Waals surface area contributed by atoms with Gasteiger partial charge < -0.3 is 10.2 Å². The van der Waals surface area contributed by atoms with Crippen LogP contribution in [-0.2, 0) is 9.59 Å². The quantitative estimate of drug-likeness (QED) is 0.886. The fraction of sp³-hybridized carbons (Fsp3) is 0.467. The molecule has 0 aliphatic heterocycles. The van der Waals surface area contributed by atoms with Gasteiger partial charge in [-0.2, -0.15) is 0 Å². The first-order valence-electron chi connectivity index (χ1n) is 6.54. The lowest BCUT2D eigenvalue weighted by Gasteiger charge is -2.24. The van der Waals surface area contributed by atoms with Crippen molar-refractivity contribution >= 4 is 17.5 Å². The molecule has 2 amide bonds. The molecule has 4 heteroatoms. The maximum Gasteiger partial charge on any atom is 0.226 e. The van der Waals surface area contributed by atoms with Gasteiger partial charge in [-0.15, -0.1) is 0 Å². The number of hydrogen-bond donors (Lipinski definition) is 1. The molecule has 4 nitrogen and oxygen atoms in total. The molecule has 0 bridgehead atoms. The Kier molecular flexibility index (Phi) is 5.55. The summed E-state index contributed by atoms with van der Waals surface area (Å²) in [5.74, 6) is -0.0733. The van der Waals surface area contributed by atoms with Crippen molar-refractivity contribution in [1.82, 2.24) is 4.90 Å². The third kappa shape index (κ3) is 5.12. The summed E-state index contributed by atoms with van der Waals surface area (Å²) in [4.78, 5) is 24.9. The third-order valence-electron chi connectivity index (χ3n) is 2.91. The van der Waals surface area contributed by atoms with Gasteiger partial charge in [-0.25, -0.2) is 0 Å². The summed E-state index contributed by atoms with van der Waals surface area (Å²) in [5, 5.41) is 2.84. The molecular formula is C15H22N2O2. The summed E-state index contributed by atoms with van der Waals surface area (Å²) >= 11 is 0. The maximum atomic E-state index is 11.8. The number of rotatable bonds is 5. The summed E-state index contributed by atoms with van der Waals surface area (Å²) in [7, 11) is 0. The van der Waals surface area contributed by atoms with Crippen LogP contribution >= 0.6 is 0 Å². The lowest BCUT2D eigenvalue weighted by molar-refractivity contribution is -0.130. The smallest absolute Gasteiger partial charge is 0.226 e. The molecule has 1 aromatic carbocycles. The fourth-order valence-corrected chi connectivity index (χ4v) is 1.95. The number of anilines is 1. The predicted molar refractivity (Wildman–Crippen MR) is 76.9 cm³/mol. The van der Waals surface area contributed by atoms with Crippen molar-refractivity contribution in [2.45, 2.75) is 40.2 Å². The number of aryl methyl sites for hydroxylation is 1. The second-order valence-corrected chi connectivity index (χ2v) is 4.97. The lowest BCUT2D eigenvalue weighted by Crippen LogP contribution is -2.37. The van der Waals surface area contributed by atoms with Crippen molar-refractivity contribution < 1.29 is 9.59 Å². The van der Waals surface area contributed by atoms with E-state index in [9.17, 15) is 9.59 Å². The minimum atomic E-state index is -0.0718. The molecular weight excluding hydrogens is 240 g/mol. The number of carbonyl (C=O) groups is 2. The van der Waals surface area contributed by atoms with Gasteiger partial charge in [-0.3, -0.25) is 9.59 Å². The normalized spacial score (nSPS) is 10.4. The van der Waals surface area contributed by atoms with Crippen molar-refractivity contribution in [2.75, 3.05) is 11.9 Å². The van der Waals surface area contributed by atoms with Gasteiger partial charge in [-0.05, 0) is 38.5 Å². The number of carbonyl (C=O) groups excluding carboxylic acids is 2. The average Bonchev–Trinajstić information content (AvgIpc) is 2.27. The Labute approximate surface area is 114 Å². The largest absolute Gasteiger partial charge is 0.340 e. The molecule has 0 aliphatic carbocycles. The van der Waals surface area contributed by atoms with Crippen LogP contribution in [-0.4, -0.2) is 29.3 Å². The third-order valence-corrected chi connectivity index (χ3v) is 2.91. The Morgan fingerprint density at radius 3 is 2.53 bits per heavy atom. The summed E-state index contributed by atoms with van der Waals surface area (Å²) in [5.41, 5.74) is 1.90. The molecule has 0 aliphatic rings. The maximum absolute atomic E-state index is 11.8. The zero-order valence-electron chi connectivity index (χ0n) is 12.1. The van der Waals surface area contributed by atoms with Crippen molar-refractivity contribution in [1.29, 1.82) is 0 Å². The molecule has 0 saturated carbocycles. The Bertz CT molecular complexity index is 455. The number of amides is 2. The van der Waals surface area contributed by atoms with Crippen LogP contribution in [0.4, 0.5) is 5.69 Å². The second kappa shape index (κ2) is 6.92. The van der Waals surface area contributed by atoms with Gasteiger partial charge >= 0.3 is 0 Å². The van der Waals surface area contributed by atoms with Gasteiger partial charge in [0.1, 0.15) is 0 Å². The van der Waals surface area contributed by atoms with E-state index in [4.69, 9.17) is 0 Å². The van der Waals surface area contributed by atoms with Crippen molar-refractivity contribution in [3.8, 4) is 0 Å². The molecule has 19 heavy (non-hydrogen) atoms. The first-order valence-corrected chi connectivity index (χ1v) is 6.54. The molecule has 1 N–H and O–H groups in total. The van der Waals surface area contributed by atoms with E-state index < -0.39 is 0 Å². The highest BCUT2D eigenvalue weighted by Gasteiger charge is 2.14. The Morgan fingerprint density at radius 2 is 2.00 bits per heavy atom. The van der Waals surface area contributed by atoms with Crippen LogP contribution in [0.5, 0.6) is 0 Å². The average molecular weight is 262 g/mol. The van der Waals surface area contributed by atoms with Gasteiger partial charge in [0.2, 0.25) is 11.8 Å². The minimum absolute atomic E-state index is 0.00152. The van der Waals surface area contributed by atoms with Crippen molar-refractivity contribution in [3.63, 3.8) is 0 Å². The molecule has 0 spiro atoms. The molecule has 0 atom stereocenters. The summed E-state index contributed by atoms with van der Waals surface area (Å²) < 4.78 is 0. The topological polar surface area (TPSA) is 49.4 Å². The van der Waals surface area contributed by atoms with E-state index in [1.165, 1.54) is 6.92 Å². The molecule has 0 saturated heterocycles. The minimum Gasteiger partial charge on any atom is -0.340 e. The number of benzene rings is 1. The Hall–Kier alpha value is -1.84. The molecule has 0 radical (unpaired) electrons. The van der Waals surface area contributed by atoms with Crippen LogP contribution in [0.1, 0.15) is 32.8 Å². The Balaban J connectivity index is 2.50. The first kappa shape index (κ1) is 15.2. The van der Waals surface area contributed by atoms with Crippen LogP contribution in [0.2, 0.25) is 0 Å². The lowest BCUT2D eigenvalue weighted by atomic mass is 10.2. The summed E-state index contributed by atoms with van der Waals surface area (Å²) in [6, 6.07) is 7.77. The van der Waals surface area contributed by atoms with Gasteiger partial charge in [0.15, 0.2) is 0 Å². The van der Waals surface area contributed by atoms with Crippen LogP contribution < -0.4 is 5.32 Å². The standard InChI is InChI=1S/C15H22N2O2/c1-11(2)17(13(4)18)9-8-15(19)16-14-7-5-6-12(3)10-14/h5-7,10-11H,8-9H2,1-4H3,(H,16,19). The van der Waals surface area contributed by atoms with E-state index in [2.05, 4.69) is 5.32 Å². The highest BCUT2D eigenvalue weighted by atomic mass is 16.2. The zero-order chi connectivity index (χ0) is 14.4. The highest BCUT2D eigenvalue weighted by Crippen LogP contribution is 2.10. The van der Waals surface area contributed by atoms with E-state index in [0.29, 0.717) is 13.0 Å².